The minimum atomic E-state index is 0. The molecule has 1 radical (unpaired) electrons. The fourth-order valence-corrected chi connectivity index (χ4v) is 0. The van der Waals surface area contributed by atoms with Gasteiger partial charge in [-0.25, -0.2) is 0 Å². The molecule has 0 saturated heterocycles. The van der Waals surface area contributed by atoms with Crippen molar-refractivity contribution in [1.82, 2.24) is 0 Å². The second-order valence-corrected chi connectivity index (χ2v) is 0. The minimum Gasteiger partial charge on any atom is -2.00 e. The number of rotatable bonds is 0. The molecule has 0 saturated carbocycles. The molecule has 0 aromatic rings. The van der Waals surface area contributed by atoms with Crippen molar-refractivity contribution in [3.8, 4) is 0 Å². The summed E-state index contributed by atoms with van der Waals surface area (Å²) in [6, 6.07) is 0. The van der Waals surface area contributed by atoms with Crippen molar-refractivity contribution in [3.05, 3.63) is 0 Å². The molecule has 4 heteroatoms. The van der Waals surface area contributed by atoms with E-state index in [9.17, 15) is 0 Å². The van der Waals surface area contributed by atoms with E-state index in [4.69, 9.17) is 0 Å². The molecule has 0 aliphatic heterocycles. The van der Waals surface area contributed by atoms with Crippen LogP contribution in [-0.4, -0.2) is 0 Å². The second kappa shape index (κ2) is 33.7. The smallest absolute Gasteiger partial charge is 2.00 e. The monoisotopic (exact) mass is 151 g/mol. The first-order valence-corrected chi connectivity index (χ1v) is 0. The van der Waals surface area contributed by atoms with Gasteiger partial charge in [-0.1, -0.05) is 0 Å². The van der Waals surface area contributed by atoms with Gasteiger partial charge >= 0.3 is 17.1 Å². The summed E-state index contributed by atoms with van der Waals surface area (Å²) in [5.74, 6) is 0. The van der Waals surface area contributed by atoms with E-state index in [1.165, 1.54) is 0 Å². The Balaban J connectivity index is 0. The van der Waals surface area contributed by atoms with Gasteiger partial charge in [0.05, 0.1) is 0 Å². The number of hydrogen-bond acceptors (Lipinski definition) is 0. The molecular formula is MnO2Zn. The molecule has 0 unspecified atom stereocenters. The van der Waals surface area contributed by atoms with E-state index < -0.39 is 0 Å². The van der Waals surface area contributed by atoms with Gasteiger partial charge in [0.15, 0.2) is 0 Å². The Morgan fingerprint density at radius 1 is 0.750 bits per heavy atom. The third kappa shape index (κ3) is 11.5. The molecule has 2 nitrogen and oxygen atoms in total. The first kappa shape index (κ1) is 74.0. The Labute approximate surface area is 47.8 Å². The maximum absolute atomic E-state index is 0. The SMILES string of the molecule is [Mn+4].[O-2].[O-2].[Zn]. The molecule has 4 heavy (non-hydrogen) atoms. The third-order valence-electron chi connectivity index (χ3n) is 0. The molecular weight excluding hydrogens is 152 g/mol. The minimum absolute atomic E-state index is 0. The van der Waals surface area contributed by atoms with Crippen LogP contribution in [0.25, 0.3) is 0 Å². The van der Waals surface area contributed by atoms with Gasteiger partial charge in [-0.15, -0.1) is 0 Å². The standard InChI is InChI=1S/Mn.2O.Zn/q+4;2*-2;. The predicted molar refractivity (Wildman–Crippen MR) is 1.37 cm³/mol. The summed E-state index contributed by atoms with van der Waals surface area (Å²) in [6.45, 7) is 0. The van der Waals surface area contributed by atoms with E-state index in [2.05, 4.69) is 0 Å². The Kier molecular flexibility index (Phi) is 624. The fourth-order valence-electron chi connectivity index (χ4n) is 0. The Hall–Kier alpha value is 1.06. The molecule has 21 valence electrons. The van der Waals surface area contributed by atoms with Gasteiger partial charge in [0.2, 0.25) is 0 Å². The van der Waals surface area contributed by atoms with Crippen molar-refractivity contribution in [3.63, 3.8) is 0 Å². The van der Waals surface area contributed by atoms with Crippen LogP contribution in [0.5, 0.6) is 0 Å². The van der Waals surface area contributed by atoms with Crippen molar-refractivity contribution in [1.29, 1.82) is 0 Å². The molecule has 0 rings (SSSR count). The van der Waals surface area contributed by atoms with E-state index in [-0.39, 0.29) is 47.5 Å². The van der Waals surface area contributed by atoms with E-state index in [1.807, 2.05) is 0 Å². The van der Waals surface area contributed by atoms with Crippen LogP contribution >= 0.6 is 0 Å². The molecule has 0 spiro atoms. The van der Waals surface area contributed by atoms with Crippen LogP contribution in [-0.2, 0) is 47.5 Å². The molecule has 0 heterocycles. The summed E-state index contributed by atoms with van der Waals surface area (Å²) in [5, 5.41) is 0. The van der Waals surface area contributed by atoms with Crippen molar-refractivity contribution in [2.75, 3.05) is 0 Å². The van der Waals surface area contributed by atoms with Gasteiger partial charge in [-0.3, -0.25) is 0 Å². The van der Waals surface area contributed by atoms with Crippen molar-refractivity contribution in [2.24, 2.45) is 0 Å². The molecule has 0 N–H and O–H groups in total. The van der Waals surface area contributed by atoms with Crippen LogP contribution < -0.4 is 0 Å². The fraction of sp³-hybridized carbons (Fsp3) is 0. The van der Waals surface area contributed by atoms with Crippen LogP contribution in [0.15, 0.2) is 0 Å². The third-order valence-corrected chi connectivity index (χ3v) is 0. The molecule has 0 atom stereocenters. The zero-order valence-corrected chi connectivity index (χ0v) is 6.05. The second-order valence-electron chi connectivity index (χ2n) is 0. The van der Waals surface area contributed by atoms with Crippen LogP contribution in [0.1, 0.15) is 0 Å². The zero-order valence-electron chi connectivity index (χ0n) is 1.90. The predicted octanol–water partition coefficient (Wildman–Crippen LogP) is -0.243. The summed E-state index contributed by atoms with van der Waals surface area (Å²) in [6.07, 6.45) is 0. The van der Waals surface area contributed by atoms with Gasteiger partial charge in [-0.05, 0) is 0 Å². The van der Waals surface area contributed by atoms with Gasteiger partial charge < -0.3 is 11.0 Å². The van der Waals surface area contributed by atoms with E-state index in [0.29, 0.717) is 0 Å². The average Bonchev–Trinajstić information content (AvgIpc) is 0. The summed E-state index contributed by atoms with van der Waals surface area (Å²) in [5.41, 5.74) is 0. The Bertz CT molecular complexity index is 6.00. The molecule has 0 fully saturated rings. The van der Waals surface area contributed by atoms with Crippen molar-refractivity contribution in [2.45, 2.75) is 0 Å². The van der Waals surface area contributed by atoms with Crippen LogP contribution in [0, 0.1) is 0 Å². The first-order chi connectivity index (χ1) is 0. The Morgan fingerprint density at radius 3 is 0.750 bits per heavy atom. The quantitative estimate of drug-likeness (QED) is 0.430. The van der Waals surface area contributed by atoms with Gasteiger partial charge in [0.1, 0.15) is 0 Å². The van der Waals surface area contributed by atoms with E-state index >= 15 is 0 Å². The van der Waals surface area contributed by atoms with Gasteiger partial charge in [0.25, 0.3) is 0 Å². The van der Waals surface area contributed by atoms with Gasteiger partial charge in [0, 0.05) is 19.5 Å². The Morgan fingerprint density at radius 2 is 0.750 bits per heavy atom. The van der Waals surface area contributed by atoms with E-state index in [1.54, 1.807) is 0 Å². The van der Waals surface area contributed by atoms with Crippen LogP contribution in [0.3, 0.4) is 0 Å². The zero-order chi connectivity index (χ0) is 0. The van der Waals surface area contributed by atoms with Crippen molar-refractivity contribution < 1.29 is 47.5 Å². The summed E-state index contributed by atoms with van der Waals surface area (Å²) in [4.78, 5) is 0. The average molecular weight is 152 g/mol. The van der Waals surface area contributed by atoms with Crippen molar-refractivity contribution >= 4 is 0 Å². The molecule has 0 aliphatic rings. The normalized spacial score (nSPS) is 0. The molecule has 0 bridgehead atoms. The van der Waals surface area contributed by atoms with Crippen LogP contribution in [0.4, 0.5) is 0 Å². The molecule has 0 aromatic carbocycles. The molecule has 0 aromatic heterocycles. The maximum Gasteiger partial charge on any atom is 4.00 e. The summed E-state index contributed by atoms with van der Waals surface area (Å²) < 4.78 is 0. The largest absolute Gasteiger partial charge is 4.00 e. The number of hydrogen-bond donors (Lipinski definition) is 0. The maximum atomic E-state index is 0. The first-order valence-electron chi connectivity index (χ1n) is 0. The van der Waals surface area contributed by atoms with Gasteiger partial charge in [-0.2, -0.15) is 0 Å². The topological polar surface area (TPSA) is 57.0 Å². The van der Waals surface area contributed by atoms with E-state index in [0.717, 1.165) is 0 Å². The summed E-state index contributed by atoms with van der Waals surface area (Å²) >= 11 is 0. The summed E-state index contributed by atoms with van der Waals surface area (Å²) in [7, 11) is 0. The molecule has 0 aliphatic carbocycles. The molecule has 0 amide bonds. The van der Waals surface area contributed by atoms with Crippen LogP contribution in [0.2, 0.25) is 0 Å².